The second-order valence-corrected chi connectivity index (χ2v) is 10.3. The van der Waals surface area contributed by atoms with Crippen molar-refractivity contribution < 1.29 is 45.7 Å². The van der Waals surface area contributed by atoms with Crippen LogP contribution in [0.25, 0.3) is 5.69 Å². The van der Waals surface area contributed by atoms with Gasteiger partial charge in [-0.1, -0.05) is 37.3 Å². The largest absolute Gasteiger partial charge is 0.573 e. The fourth-order valence-electron chi connectivity index (χ4n) is 4.70. The van der Waals surface area contributed by atoms with Crippen molar-refractivity contribution in [2.45, 2.75) is 52.4 Å². The summed E-state index contributed by atoms with van der Waals surface area (Å²) < 4.78 is 90.9. The molecule has 0 spiro atoms. The van der Waals surface area contributed by atoms with Gasteiger partial charge < -0.3 is 19.5 Å². The van der Waals surface area contributed by atoms with Gasteiger partial charge in [-0.05, 0) is 66.4 Å². The predicted molar refractivity (Wildman–Crippen MR) is 148 cm³/mol. The van der Waals surface area contributed by atoms with Gasteiger partial charge in [0, 0.05) is 19.3 Å². The van der Waals surface area contributed by atoms with Crippen LogP contribution in [-0.2, 0) is 19.3 Å². The summed E-state index contributed by atoms with van der Waals surface area (Å²) in [5, 5.41) is 17.4. The van der Waals surface area contributed by atoms with Gasteiger partial charge in [-0.25, -0.2) is 9.48 Å². The fraction of sp³-hybridized carbons (Fsp3) is 0.300. The molecule has 1 N–H and O–H groups in total. The van der Waals surface area contributed by atoms with Crippen molar-refractivity contribution in [3.8, 4) is 17.2 Å². The minimum absolute atomic E-state index is 0.0287. The number of rotatable bonds is 10. The maximum absolute atomic E-state index is 13.5. The normalized spacial score (nSPS) is 12.0. The summed E-state index contributed by atoms with van der Waals surface area (Å²) in [5.74, 6) is -1.82. The molecule has 0 radical (unpaired) electrons. The van der Waals surface area contributed by atoms with Gasteiger partial charge in [0.25, 0.3) is 0 Å². The number of carboxylic acid groups (broad SMARTS) is 1. The molecule has 0 amide bonds. The Kier molecular flexibility index (Phi) is 9.11. The molecular weight excluding hydrogens is 594 g/mol. The standard InChI is InChI=1S/C30H28F6N4O4/c1-17(2)27-25(40(38-37-27)24-7-5-6-8-26(24)44-30(34,35)36)16-43-20-10-12-23(18(3)13-20)39(4)15-19-9-11-21(28(41)42)22(14-19)29(31,32)33/h5-14,17H,15-16H2,1-4H3,(H,41,42). The quantitative estimate of drug-likeness (QED) is 0.183. The van der Waals surface area contributed by atoms with E-state index in [1.165, 1.54) is 28.9 Å². The van der Waals surface area contributed by atoms with E-state index < -0.39 is 35.4 Å². The number of aromatic nitrogens is 3. The molecule has 1 heterocycles. The van der Waals surface area contributed by atoms with Crippen LogP contribution in [-0.4, -0.2) is 39.5 Å². The second kappa shape index (κ2) is 12.5. The summed E-state index contributed by atoms with van der Waals surface area (Å²) in [4.78, 5) is 13.0. The third kappa shape index (κ3) is 7.41. The molecule has 0 unspecified atom stereocenters. The van der Waals surface area contributed by atoms with Crippen LogP contribution >= 0.6 is 0 Å². The molecule has 3 aromatic carbocycles. The molecule has 0 aliphatic heterocycles. The molecule has 14 heteroatoms. The lowest BCUT2D eigenvalue weighted by atomic mass is 10.0. The van der Waals surface area contributed by atoms with Crippen molar-refractivity contribution in [2.24, 2.45) is 0 Å². The van der Waals surface area contributed by atoms with Crippen LogP contribution in [0.4, 0.5) is 32.0 Å². The fourth-order valence-corrected chi connectivity index (χ4v) is 4.70. The van der Waals surface area contributed by atoms with Gasteiger partial charge in [0.15, 0.2) is 5.75 Å². The summed E-state index contributed by atoms with van der Waals surface area (Å²) >= 11 is 0. The summed E-state index contributed by atoms with van der Waals surface area (Å²) in [5.41, 5.74) is 0.592. The van der Waals surface area contributed by atoms with Gasteiger partial charge in [-0.2, -0.15) is 13.2 Å². The lowest BCUT2D eigenvalue weighted by Crippen LogP contribution is -2.19. The van der Waals surface area contributed by atoms with Crippen LogP contribution in [0.3, 0.4) is 0 Å². The number of halogens is 6. The van der Waals surface area contributed by atoms with E-state index >= 15 is 0 Å². The van der Waals surface area contributed by atoms with E-state index in [-0.39, 0.29) is 30.3 Å². The number of alkyl halides is 6. The van der Waals surface area contributed by atoms with Crippen molar-refractivity contribution in [1.82, 2.24) is 15.0 Å². The molecule has 0 bridgehead atoms. The van der Waals surface area contributed by atoms with E-state index in [9.17, 15) is 31.1 Å². The van der Waals surface area contributed by atoms with E-state index in [1.54, 1.807) is 43.1 Å². The number of ether oxygens (including phenoxy) is 2. The van der Waals surface area contributed by atoms with Crippen molar-refractivity contribution in [3.63, 3.8) is 0 Å². The highest BCUT2D eigenvalue weighted by molar-refractivity contribution is 5.89. The van der Waals surface area contributed by atoms with Gasteiger partial charge >= 0.3 is 18.5 Å². The SMILES string of the molecule is Cc1cc(OCc2c(C(C)C)nnn2-c2ccccc2OC(F)(F)F)ccc1N(C)Cc1ccc(C(=O)O)c(C(F)(F)F)c1. The van der Waals surface area contributed by atoms with Gasteiger partial charge in [-0.3, -0.25) is 0 Å². The summed E-state index contributed by atoms with van der Waals surface area (Å²) in [6, 6.07) is 13.7. The average molecular weight is 623 g/mol. The van der Waals surface area contributed by atoms with E-state index in [4.69, 9.17) is 9.84 Å². The Bertz CT molecular complexity index is 1650. The molecule has 44 heavy (non-hydrogen) atoms. The average Bonchev–Trinajstić information content (AvgIpc) is 3.34. The number of aryl methyl sites for hydroxylation is 1. The Labute approximate surface area is 248 Å². The maximum Gasteiger partial charge on any atom is 0.573 e. The Morgan fingerprint density at radius 1 is 1.02 bits per heavy atom. The van der Waals surface area contributed by atoms with Crippen molar-refractivity contribution in [1.29, 1.82) is 0 Å². The van der Waals surface area contributed by atoms with Crippen LogP contribution in [0.15, 0.2) is 60.7 Å². The minimum atomic E-state index is -4.91. The highest BCUT2D eigenvalue weighted by Crippen LogP contribution is 2.34. The third-order valence-electron chi connectivity index (χ3n) is 6.65. The van der Waals surface area contributed by atoms with Crippen LogP contribution in [0.5, 0.6) is 11.5 Å². The molecular formula is C30H28F6N4O4. The lowest BCUT2D eigenvalue weighted by molar-refractivity contribution is -0.274. The first kappa shape index (κ1) is 32.2. The highest BCUT2D eigenvalue weighted by Gasteiger charge is 2.36. The maximum atomic E-state index is 13.5. The summed E-state index contributed by atoms with van der Waals surface area (Å²) in [6.45, 7) is 5.47. The molecule has 8 nitrogen and oxygen atoms in total. The van der Waals surface area contributed by atoms with E-state index in [2.05, 4.69) is 15.0 Å². The molecule has 0 saturated carbocycles. The Morgan fingerprint density at radius 2 is 1.73 bits per heavy atom. The summed E-state index contributed by atoms with van der Waals surface area (Å²) in [6.07, 6.45) is -9.74. The number of carboxylic acids is 1. The Morgan fingerprint density at radius 3 is 2.34 bits per heavy atom. The number of aromatic carboxylic acids is 1. The van der Waals surface area contributed by atoms with Gasteiger partial charge in [0.05, 0.1) is 16.8 Å². The molecule has 0 aliphatic rings. The zero-order chi connectivity index (χ0) is 32.4. The first-order valence-electron chi connectivity index (χ1n) is 13.2. The van der Waals surface area contributed by atoms with Crippen LogP contribution in [0, 0.1) is 6.92 Å². The third-order valence-corrected chi connectivity index (χ3v) is 6.65. The van der Waals surface area contributed by atoms with Crippen molar-refractivity contribution in [2.75, 3.05) is 11.9 Å². The first-order valence-corrected chi connectivity index (χ1v) is 13.2. The molecule has 0 saturated heterocycles. The topological polar surface area (TPSA) is 89.7 Å². The lowest BCUT2D eigenvalue weighted by Gasteiger charge is -2.23. The van der Waals surface area contributed by atoms with Gasteiger partial charge in [0.2, 0.25) is 0 Å². The van der Waals surface area contributed by atoms with Gasteiger partial charge in [-0.15, -0.1) is 18.3 Å². The smallest absolute Gasteiger partial charge is 0.487 e. The number of nitrogens with zero attached hydrogens (tertiary/aromatic N) is 4. The van der Waals surface area contributed by atoms with Gasteiger partial charge in [0.1, 0.15) is 23.7 Å². The number of hydrogen-bond acceptors (Lipinski definition) is 6. The molecule has 1 aromatic heterocycles. The summed E-state index contributed by atoms with van der Waals surface area (Å²) in [7, 11) is 1.68. The Hall–Kier alpha value is -4.75. The second-order valence-electron chi connectivity index (χ2n) is 10.3. The monoisotopic (exact) mass is 622 g/mol. The first-order chi connectivity index (χ1) is 20.5. The number of carbonyl (C=O) groups is 1. The molecule has 4 aromatic rings. The predicted octanol–water partition coefficient (Wildman–Crippen LogP) is 7.53. The number of para-hydroxylation sites is 2. The van der Waals surface area contributed by atoms with E-state index in [0.717, 1.165) is 17.7 Å². The van der Waals surface area contributed by atoms with E-state index in [0.29, 0.717) is 22.8 Å². The molecule has 0 aliphatic carbocycles. The van der Waals surface area contributed by atoms with Crippen molar-refractivity contribution >= 4 is 11.7 Å². The molecule has 0 fully saturated rings. The minimum Gasteiger partial charge on any atom is -0.487 e. The van der Waals surface area contributed by atoms with E-state index in [1.807, 2.05) is 13.8 Å². The number of benzene rings is 3. The van der Waals surface area contributed by atoms with Crippen LogP contribution in [0.1, 0.15) is 58.2 Å². The Balaban J connectivity index is 1.55. The zero-order valence-electron chi connectivity index (χ0n) is 24.0. The zero-order valence-corrected chi connectivity index (χ0v) is 24.0. The number of anilines is 1. The van der Waals surface area contributed by atoms with Crippen LogP contribution in [0.2, 0.25) is 0 Å². The highest BCUT2D eigenvalue weighted by atomic mass is 19.4. The molecule has 234 valence electrons. The van der Waals surface area contributed by atoms with Crippen molar-refractivity contribution in [3.05, 3.63) is 94.3 Å². The van der Waals surface area contributed by atoms with Crippen LogP contribution < -0.4 is 14.4 Å². The molecule has 4 rings (SSSR count). The molecule has 0 atom stereocenters. The number of hydrogen-bond donors (Lipinski definition) is 1.